The highest BCUT2D eigenvalue weighted by molar-refractivity contribution is 14.1. The molecule has 23 heavy (non-hydrogen) atoms. The van der Waals surface area contributed by atoms with E-state index in [4.69, 9.17) is 0 Å². The fraction of sp³-hybridized carbons (Fsp3) is 0.529. The van der Waals surface area contributed by atoms with Gasteiger partial charge in [0.05, 0.1) is 12.2 Å². The Labute approximate surface area is 151 Å². The van der Waals surface area contributed by atoms with Crippen molar-refractivity contribution in [3.63, 3.8) is 0 Å². The minimum atomic E-state index is 0.0128. The SMILES string of the molecule is CC(C)C(=O)NC1CCN(CC(=O)Nc2ccccc2I)CC1. The van der Waals surface area contributed by atoms with E-state index >= 15 is 0 Å². The van der Waals surface area contributed by atoms with E-state index in [1.165, 1.54) is 0 Å². The van der Waals surface area contributed by atoms with Crippen molar-refractivity contribution >= 4 is 40.1 Å². The molecule has 5 nitrogen and oxygen atoms in total. The summed E-state index contributed by atoms with van der Waals surface area (Å²) in [7, 11) is 0. The molecule has 2 N–H and O–H groups in total. The molecule has 0 aromatic heterocycles. The summed E-state index contributed by atoms with van der Waals surface area (Å²) in [4.78, 5) is 26.0. The highest BCUT2D eigenvalue weighted by Gasteiger charge is 2.22. The zero-order valence-corrected chi connectivity index (χ0v) is 15.8. The Morgan fingerprint density at radius 2 is 1.91 bits per heavy atom. The van der Waals surface area contributed by atoms with Crippen LogP contribution in [-0.2, 0) is 9.59 Å². The van der Waals surface area contributed by atoms with Gasteiger partial charge in [-0.2, -0.15) is 0 Å². The summed E-state index contributed by atoms with van der Waals surface area (Å²) in [5.74, 6) is 0.144. The van der Waals surface area contributed by atoms with Gasteiger partial charge in [0.2, 0.25) is 11.8 Å². The van der Waals surface area contributed by atoms with Crippen molar-refractivity contribution in [2.24, 2.45) is 5.92 Å². The largest absolute Gasteiger partial charge is 0.353 e. The van der Waals surface area contributed by atoms with Crippen LogP contribution in [0, 0.1) is 9.49 Å². The lowest BCUT2D eigenvalue weighted by atomic mass is 10.0. The van der Waals surface area contributed by atoms with Gasteiger partial charge < -0.3 is 10.6 Å². The standard InChI is InChI=1S/C17H24IN3O2/c1-12(2)17(23)19-13-7-9-21(10-8-13)11-16(22)20-15-6-4-3-5-14(15)18/h3-6,12-13H,7-11H2,1-2H3,(H,19,23)(H,20,22). The first kappa shape index (κ1) is 18.2. The smallest absolute Gasteiger partial charge is 0.238 e. The second-order valence-electron chi connectivity index (χ2n) is 6.24. The van der Waals surface area contributed by atoms with Crippen LogP contribution in [0.2, 0.25) is 0 Å². The summed E-state index contributed by atoms with van der Waals surface area (Å²) < 4.78 is 1.04. The molecule has 2 amide bonds. The summed E-state index contributed by atoms with van der Waals surface area (Å²) in [5, 5.41) is 6.03. The third kappa shape index (κ3) is 5.76. The second-order valence-corrected chi connectivity index (χ2v) is 7.40. The molecule has 1 saturated heterocycles. The molecule has 1 aromatic rings. The number of para-hydroxylation sites is 1. The minimum absolute atomic E-state index is 0.0128. The molecular formula is C17H24IN3O2. The number of rotatable bonds is 5. The number of amides is 2. The summed E-state index contributed by atoms with van der Waals surface area (Å²) in [6.45, 7) is 5.88. The zero-order valence-electron chi connectivity index (χ0n) is 13.6. The summed E-state index contributed by atoms with van der Waals surface area (Å²) in [6, 6.07) is 7.99. The van der Waals surface area contributed by atoms with Gasteiger partial charge in [-0.3, -0.25) is 14.5 Å². The first-order chi connectivity index (χ1) is 11.0. The van der Waals surface area contributed by atoms with Gasteiger partial charge in [0.15, 0.2) is 0 Å². The van der Waals surface area contributed by atoms with Crippen LogP contribution >= 0.6 is 22.6 Å². The summed E-state index contributed by atoms with van der Waals surface area (Å²) >= 11 is 2.21. The van der Waals surface area contributed by atoms with Crippen LogP contribution in [0.1, 0.15) is 26.7 Å². The number of hydrogen-bond donors (Lipinski definition) is 2. The average molecular weight is 429 g/mol. The van der Waals surface area contributed by atoms with Gasteiger partial charge in [-0.25, -0.2) is 0 Å². The zero-order chi connectivity index (χ0) is 16.8. The molecular weight excluding hydrogens is 405 g/mol. The van der Waals surface area contributed by atoms with Gasteiger partial charge in [-0.05, 0) is 47.6 Å². The lowest BCUT2D eigenvalue weighted by Crippen LogP contribution is -2.47. The number of hydrogen-bond acceptors (Lipinski definition) is 3. The second kappa shape index (κ2) is 8.63. The van der Waals surface area contributed by atoms with Crippen molar-refractivity contribution in [1.29, 1.82) is 0 Å². The molecule has 126 valence electrons. The number of carbonyl (C=O) groups excluding carboxylic acids is 2. The maximum Gasteiger partial charge on any atom is 0.238 e. The molecule has 1 aliphatic heterocycles. The van der Waals surface area contributed by atoms with Crippen molar-refractivity contribution in [1.82, 2.24) is 10.2 Å². The molecule has 2 rings (SSSR count). The third-order valence-corrected chi connectivity index (χ3v) is 4.91. The quantitative estimate of drug-likeness (QED) is 0.708. The Hall–Kier alpha value is -1.15. The maximum absolute atomic E-state index is 12.2. The Bertz CT molecular complexity index is 555. The minimum Gasteiger partial charge on any atom is -0.353 e. The molecule has 1 aliphatic rings. The van der Waals surface area contributed by atoms with E-state index in [0.29, 0.717) is 6.54 Å². The van der Waals surface area contributed by atoms with Gasteiger partial charge in [0, 0.05) is 28.6 Å². The van der Waals surface area contributed by atoms with E-state index < -0.39 is 0 Å². The number of halogens is 1. The molecule has 0 spiro atoms. The Kier molecular flexibility index (Phi) is 6.83. The number of carbonyl (C=O) groups is 2. The highest BCUT2D eigenvalue weighted by atomic mass is 127. The summed E-state index contributed by atoms with van der Waals surface area (Å²) in [6.07, 6.45) is 1.79. The van der Waals surface area contributed by atoms with Gasteiger partial charge in [-0.1, -0.05) is 26.0 Å². The highest BCUT2D eigenvalue weighted by Crippen LogP contribution is 2.17. The maximum atomic E-state index is 12.2. The fourth-order valence-electron chi connectivity index (χ4n) is 2.56. The molecule has 0 radical (unpaired) electrons. The van der Waals surface area contributed by atoms with Gasteiger partial charge in [0.1, 0.15) is 0 Å². The predicted molar refractivity (Wildman–Crippen MR) is 100 cm³/mol. The number of likely N-dealkylation sites (tertiary alicyclic amines) is 1. The normalized spacial score (nSPS) is 16.3. The van der Waals surface area contributed by atoms with Crippen molar-refractivity contribution in [2.45, 2.75) is 32.7 Å². The predicted octanol–water partition coefficient (Wildman–Crippen LogP) is 2.47. The topological polar surface area (TPSA) is 61.4 Å². The molecule has 1 heterocycles. The van der Waals surface area contributed by atoms with Crippen LogP contribution in [0.15, 0.2) is 24.3 Å². The van der Waals surface area contributed by atoms with E-state index in [9.17, 15) is 9.59 Å². The first-order valence-corrected chi connectivity index (χ1v) is 9.10. The van der Waals surface area contributed by atoms with Gasteiger partial charge in [-0.15, -0.1) is 0 Å². The fourth-order valence-corrected chi connectivity index (χ4v) is 3.08. The van der Waals surface area contributed by atoms with Crippen molar-refractivity contribution in [3.05, 3.63) is 27.8 Å². The van der Waals surface area contributed by atoms with Crippen LogP contribution in [0.4, 0.5) is 5.69 Å². The third-order valence-electron chi connectivity index (χ3n) is 3.97. The van der Waals surface area contributed by atoms with Crippen molar-refractivity contribution in [2.75, 3.05) is 25.0 Å². The van der Waals surface area contributed by atoms with E-state index in [1.54, 1.807) is 0 Å². The Morgan fingerprint density at radius 3 is 2.52 bits per heavy atom. The average Bonchev–Trinajstić information content (AvgIpc) is 2.51. The van der Waals surface area contributed by atoms with E-state index in [-0.39, 0.29) is 23.8 Å². The molecule has 6 heteroatoms. The number of nitrogens with zero attached hydrogens (tertiary/aromatic N) is 1. The van der Waals surface area contributed by atoms with E-state index in [0.717, 1.165) is 35.2 Å². The van der Waals surface area contributed by atoms with Crippen molar-refractivity contribution in [3.8, 4) is 0 Å². The van der Waals surface area contributed by atoms with Crippen LogP contribution in [-0.4, -0.2) is 42.4 Å². The van der Waals surface area contributed by atoms with E-state index in [1.807, 2.05) is 38.1 Å². The van der Waals surface area contributed by atoms with Gasteiger partial charge >= 0.3 is 0 Å². The molecule has 1 fully saturated rings. The monoisotopic (exact) mass is 429 g/mol. The number of anilines is 1. The molecule has 0 unspecified atom stereocenters. The summed E-state index contributed by atoms with van der Waals surface area (Å²) in [5.41, 5.74) is 0.859. The van der Waals surface area contributed by atoms with E-state index in [2.05, 4.69) is 38.1 Å². The number of nitrogens with one attached hydrogen (secondary N) is 2. The Morgan fingerprint density at radius 1 is 1.26 bits per heavy atom. The number of benzene rings is 1. The van der Waals surface area contributed by atoms with Crippen LogP contribution in [0.5, 0.6) is 0 Å². The van der Waals surface area contributed by atoms with Crippen molar-refractivity contribution < 1.29 is 9.59 Å². The number of piperidine rings is 1. The Balaban J connectivity index is 1.75. The molecule has 1 aromatic carbocycles. The molecule has 0 saturated carbocycles. The molecule has 0 aliphatic carbocycles. The van der Waals surface area contributed by atoms with Crippen LogP contribution < -0.4 is 10.6 Å². The lowest BCUT2D eigenvalue weighted by Gasteiger charge is -2.32. The lowest BCUT2D eigenvalue weighted by molar-refractivity contribution is -0.125. The first-order valence-electron chi connectivity index (χ1n) is 8.03. The van der Waals surface area contributed by atoms with Gasteiger partial charge in [0.25, 0.3) is 0 Å². The molecule has 0 atom stereocenters. The van der Waals surface area contributed by atoms with Crippen LogP contribution in [0.25, 0.3) is 0 Å². The molecule has 0 bridgehead atoms. The van der Waals surface area contributed by atoms with Crippen LogP contribution in [0.3, 0.4) is 0 Å².